The summed E-state index contributed by atoms with van der Waals surface area (Å²) < 4.78 is 29.5. The van der Waals surface area contributed by atoms with E-state index in [1.54, 1.807) is 6.92 Å². The second kappa shape index (κ2) is 6.35. The lowest BCUT2D eigenvalue weighted by Gasteiger charge is -2.31. The lowest BCUT2D eigenvalue weighted by atomic mass is 9.95. The Bertz CT molecular complexity index is 346. The normalized spacial score (nSPS) is 18.3. The molecule has 100 valence electrons. The first-order chi connectivity index (χ1) is 7.95. The molecular formula is C11H21NO4S. The summed E-state index contributed by atoms with van der Waals surface area (Å²) in [6.45, 7) is 1.84. The van der Waals surface area contributed by atoms with Crippen LogP contribution >= 0.6 is 0 Å². The van der Waals surface area contributed by atoms with Crippen LogP contribution in [0.5, 0.6) is 0 Å². The van der Waals surface area contributed by atoms with Gasteiger partial charge in [-0.15, -0.1) is 0 Å². The summed E-state index contributed by atoms with van der Waals surface area (Å²) in [5.41, 5.74) is 0. The molecule has 0 N–H and O–H groups in total. The second-order valence-electron chi connectivity index (χ2n) is 4.41. The molecular weight excluding hydrogens is 242 g/mol. The zero-order chi connectivity index (χ0) is 12.9. The van der Waals surface area contributed by atoms with E-state index >= 15 is 0 Å². The highest BCUT2D eigenvalue weighted by atomic mass is 32.2. The number of carbonyl (C=O) groups excluding carboxylic acids is 1. The van der Waals surface area contributed by atoms with Crippen LogP contribution in [0.3, 0.4) is 0 Å². The Morgan fingerprint density at radius 2 is 1.88 bits per heavy atom. The van der Waals surface area contributed by atoms with Crippen molar-refractivity contribution in [2.24, 2.45) is 0 Å². The van der Waals surface area contributed by atoms with Crippen LogP contribution in [0.1, 0.15) is 39.0 Å². The zero-order valence-electron chi connectivity index (χ0n) is 10.5. The SMILES string of the molecule is CCOC(=O)CN(C1CCCCC1)S(C)(=O)=O. The van der Waals surface area contributed by atoms with Crippen LogP contribution < -0.4 is 0 Å². The molecule has 6 heteroatoms. The minimum absolute atomic E-state index is 0.0387. The fraction of sp³-hybridized carbons (Fsp3) is 0.909. The summed E-state index contributed by atoms with van der Waals surface area (Å²) in [7, 11) is -3.35. The van der Waals surface area contributed by atoms with E-state index in [9.17, 15) is 13.2 Å². The summed E-state index contributed by atoms with van der Waals surface area (Å²) in [5, 5.41) is 0. The number of ether oxygens (including phenoxy) is 1. The molecule has 0 bridgehead atoms. The van der Waals surface area contributed by atoms with Crippen molar-refractivity contribution in [3.8, 4) is 0 Å². The molecule has 0 heterocycles. The van der Waals surface area contributed by atoms with Gasteiger partial charge in [-0.3, -0.25) is 4.79 Å². The number of rotatable bonds is 5. The van der Waals surface area contributed by atoms with Gasteiger partial charge in [-0.25, -0.2) is 8.42 Å². The summed E-state index contributed by atoms with van der Waals surface area (Å²) in [6.07, 6.45) is 6.03. The van der Waals surface area contributed by atoms with Crippen LogP contribution in [0.25, 0.3) is 0 Å². The maximum atomic E-state index is 11.7. The molecule has 1 aliphatic carbocycles. The lowest BCUT2D eigenvalue weighted by Crippen LogP contribution is -2.44. The van der Waals surface area contributed by atoms with Gasteiger partial charge in [0.05, 0.1) is 12.9 Å². The van der Waals surface area contributed by atoms with Crippen molar-refractivity contribution >= 4 is 16.0 Å². The number of carbonyl (C=O) groups is 1. The van der Waals surface area contributed by atoms with Crippen molar-refractivity contribution < 1.29 is 17.9 Å². The van der Waals surface area contributed by atoms with E-state index in [0.29, 0.717) is 0 Å². The van der Waals surface area contributed by atoms with Gasteiger partial charge in [0.2, 0.25) is 10.0 Å². The van der Waals surface area contributed by atoms with Gasteiger partial charge in [0.15, 0.2) is 0 Å². The molecule has 0 aromatic carbocycles. The lowest BCUT2D eigenvalue weighted by molar-refractivity contribution is -0.143. The minimum Gasteiger partial charge on any atom is -0.465 e. The van der Waals surface area contributed by atoms with Crippen molar-refractivity contribution in [2.45, 2.75) is 45.1 Å². The first-order valence-corrected chi connectivity index (χ1v) is 7.92. The van der Waals surface area contributed by atoms with Crippen molar-refractivity contribution in [3.63, 3.8) is 0 Å². The van der Waals surface area contributed by atoms with Gasteiger partial charge in [0.25, 0.3) is 0 Å². The molecule has 1 rings (SSSR count). The van der Waals surface area contributed by atoms with Gasteiger partial charge in [0, 0.05) is 6.04 Å². The maximum Gasteiger partial charge on any atom is 0.321 e. The molecule has 0 radical (unpaired) electrons. The van der Waals surface area contributed by atoms with Crippen LogP contribution in [-0.2, 0) is 19.6 Å². The largest absolute Gasteiger partial charge is 0.465 e. The minimum atomic E-state index is -3.35. The van der Waals surface area contributed by atoms with Gasteiger partial charge < -0.3 is 4.74 Å². The summed E-state index contributed by atoms with van der Waals surface area (Å²) in [5.74, 6) is -0.469. The predicted molar refractivity (Wildman–Crippen MR) is 65.1 cm³/mol. The highest BCUT2D eigenvalue weighted by Gasteiger charge is 2.30. The maximum absolute atomic E-state index is 11.7. The quantitative estimate of drug-likeness (QED) is 0.698. The standard InChI is InChI=1S/C11H21NO4S/c1-3-16-11(13)9-12(17(2,14)15)10-7-5-4-6-8-10/h10H,3-9H2,1-2H3. The Morgan fingerprint density at radius 1 is 1.29 bits per heavy atom. The molecule has 17 heavy (non-hydrogen) atoms. The van der Waals surface area contributed by atoms with Crippen molar-refractivity contribution in [1.82, 2.24) is 4.31 Å². The van der Waals surface area contributed by atoms with E-state index in [-0.39, 0.29) is 19.2 Å². The van der Waals surface area contributed by atoms with Crippen LogP contribution in [-0.4, -0.2) is 44.1 Å². The average Bonchev–Trinajstić information content (AvgIpc) is 2.26. The van der Waals surface area contributed by atoms with Crippen LogP contribution in [0.2, 0.25) is 0 Å². The highest BCUT2D eigenvalue weighted by molar-refractivity contribution is 7.88. The van der Waals surface area contributed by atoms with E-state index in [1.165, 1.54) is 4.31 Å². The van der Waals surface area contributed by atoms with Crippen molar-refractivity contribution in [1.29, 1.82) is 0 Å². The molecule has 0 aliphatic heterocycles. The number of hydrogen-bond donors (Lipinski definition) is 0. The Morgan fingerprint density at radius 3 is 2.35 bits per heavy atom. The predicted octanol–water partition coefficient (Wildman–Crippen LogP) is 1.14. The summed E-state index contributed by atoms with van der Waals surface area (Å²) >= 11 is 0. The average molecular weight is 263 g/mol. The fourth-order valence-electron chi connectivity index (χ4n) is 2.22. The van der Waals surface area contributed by atoms with Crippen LogP contribution in [0, 0.1) is 0 Å². The third-order valence-corrected chi connectivity index (χ3v) is 4.28. The number of hydrogen-bond acceptors (Lipinski definition) is 4. The van der Waals surface area contributed by atoms with E-state index in [1.807, 2.05) is 0 Å². The van der Waals surface area contributed by atoms with E-state index < -0.39 is 16.0 Å². The molecule has 1 aliphatic rings. The third kappa shape index (κ3) is 4.63. The molecule has 1 saturated carbocycles. The Hall–Kier alpha value is -0.620. The molecule has 0 amide bonds. The Kier molecular flexibility index (Phi) is 5.39. The van der Waals surface area contributed by atoms with Crippen molar-refractivity contribution in [3.05, 3.63) is 0 Å². The van der Waals surface area contributed by atoms with E-state index in [4.69, 9.17) is 4.74 Å². The number of sulfonamides is 1. The van der Waals surface area contributed by atoms with Gasteiger partial charge >= 0.3 is 5.97 Å². The van der Waals surface area contributed by atoms with Crippen LogP contribution in [0.4, 0.5) is 0 Å². The van der Waals surface area contributed by atoms with Gasteiger partial charge in [-0.05, 0) is 19.8 Å². The number of nitrogens with zero attached hydrogens (tertiary/aromatic N) is 1. The van der Waals surface area contributed by atoms with Crippen molar-refractivity contribution in [2.75, 3.05) is 19.4 Å². The molecule has 1 fully saturated rings. The van der Waals surface area contributed by atoms with E-state index in [2.05, 4.69) is 0 Å². The fourth-order valence-corrected chi connectivity index (χ4v) is 3.31. The zero-order valence-corrected chi connectivity index (χ0v) is 11.3. The monoisotopic (exact) mass is 263 g/mol. The molecule has 0 unspecified atom stereocenters. The summed E-state index contributed by atoms with van der Waals surface area (Å²) in [6, 6.07) is -0.0387. The number of esters is 1. The summed E-state index contributed by atoms with van der Waals surface area (Å²) in [4.78, 5) is 11.4. The molecule has 0 atom stereocenters. The van der Waals surface area contributed by atoms with Gasteiger partial charge in [-0.1, -0.05) is 19.3 Å². The molecule has 0 aromatic heterocycles. The van der Waals surface area contributed by atoms with Gasteiger partial charge in [-0.2, -0.15) is 4.31 Å². The first kappa shape index (κ1) is 14.4. The molecule has 0 aromatic rings. The van der Waals surface area contributed by atoms with E-state index in [0.717, 1.165) is 38.4 Å². The first-order valence-electron chi connectivity index (χ1n) is 6.07. The third-order valence-electron chi connectivity index (χ3n) is 3.00. The smallest absolute Gasteiger partial charge is 0.321 e. The Labute approximate surface area is 103 Å². The van der Waals surface area contributed by atoms with Gasteiger partial charge in [0.1, 0.15) is 6.54 Å². The molecule has 0 spiro atoms. The second-order valence-corrected chi connectivity index (χ2v) is 6.34. The molecule has 5 nitrogen and oxygen atoms in total. The Balaban J connectivity index is 2.70. The topological polar surface area (TPSA) is 63.7 Å². The highest BCUT2D eigenvalue weighted by Crippen LogP contribution is 2.24. The molecule has 0 saturated heterocycles. The van der Waals surface area contributed by atoms with Crippen LogP contribution in [0.15, 0.2) is 0 Å².